The number of nitrogens with two attached hydrogens (primary N) is 1. The van der Waals surface area contributed by atoms with E-state index in [2.05, 4.69) is 10.3 Å². The molecule has 92 valence electrons. The predicted octanol–water partition coefficient (Wildman–Crippen LogP) is 2.63. The molecule has 0 atom stereocenters. The molecule has 4 heteroatoms. The Kier molecular flexibility index (Phi) is 3.94. The quantitative estimate of drug-likeness (QED) is 0.805. The van der Waals surface area contributed by atoms with Gasteiger partial charge in [0.05, 0.1) is 0 Å². The highest BCUT2D eigenvalue weighted by Gasteiger charge is 2.14. The fourth-order valence-electron chi connectivity index (χ4n) is 2.36. The molecule has 0 spiro atoms. The number of nitrogens with zero attached hydrogens (tertiary/aromatic N) is 1. The normalized spacial score (nSPS) is 16.1. The summed E-state index contributed by atoms with van der Waals surface area (Å²) in [5.74, 6) is 1.69. The van der Waals surface area contributed by atoms with Gasteiger partial charge >= 0.3 is 0 Å². The molecule has 0 bridgehead atoms. The van der Waals surface area contributed by atoms with Crippen LogP contribution in [-0.2, 0) is 0 Å². The number of pyridine rings is 1. The van der Waals surface area contributed by atoms with Crippen LogP contribution in [0.3, 0.4) is 0 Å². The Bertz CT molecular complexity index is 411. The molecule has 3 N–H and O–H groups in total. The smallest absolute Gasteiger partial charge is 0.126 e. The molecule has 0 aromatic carbocycles. The van der Waals surface area contributed by atoms with Crippen LogP contribution in [0.4, 0.5) is 5.82 Å². The number of aryl methyl sites for hydroxylation is 1. The lowest BCUT2D eigenvalue weighted by atomic mass is 10.1. The fourth-order valence-corrected chi connectivity index (χ4v) is 2.48. The second kappa shape index (κ2) is 5.45. The van der Waals surface area contributed by atoms with Crippen LogP contribution >= 0.6 is 12.2 Å². The van der Waals surface area contributed by atoms with E-state index in [9.17, 15) is 0 Å². The van der Waals surface area contributed by atoms with E-state index < -0.39 is 0 Å². The second-order valence-electron chi connectivity index (χ2n) is 4.78. The number of nitrogens with one attached hydrogen (secondary N) is 1. The Morgan fingerprint density at radius 3 is 2.82 bits per heavy atom. The number of hydrogen-bond donors (Lipinski definition) is 2. The van der Waals surface area contributed by atoms with Crippen LogP contribution in [-0.4, -0.2) is 16.5 Å². The lowest BCUT2D eigenvalue weighted by molar-refractivity contribution is 0.579. The summed E-state index contributed by atoms with van der Waals surface area (Å²) in [5, 5.41) is 3.40. The molecule has 0 radical (unpaired) electrons. The van der Waals surface area contributed by atoms with Gasteiger partial charge in [0.15, 0.2) is 0 Å². The SMILES string of the molecule is Cc1cc(C(N)=S)cc(NCC2CCCC2)n1. The lowest BCUT2D eigenvalue weighted by Crippen LogP contribution is -2.14. The molecule has 0 amide bonds. The molecule has 17 heavy (non-hydrogen) atoms. The van der Waals surface area contributed by atoms with Crippen LogP contribution in [0.5, 0.6) is 0 Å². The van der Waals surface area contributed by atoms with Gasteiger partial charge in [-0.1, -0.05) is 25.1 Å². The average Bonchev–Trinajstić information content (AvgIpc) is 2.78. The third-order valence-corrected chi connectivity index (χ3v) is 3.52. The summed E-state index contributed by atoms with van der Waals surface area (Å²) in [6.45, 7) is 2.97. The minimum absolute atomic E-state index is 0.430. The molecule has 1 aliphatic rings. The van der Waals surface area contributed by atoms with Crippen molar-refractivity contribution in [1.29, 1.82) is 0 Å². The van der Waals surface area contributed by atoms with Gasteiger partial charge in [0.25, 0.3) is 0 Å². The summed E-state index contributed by atoms with van der Waals surface area (Å²) in [6, 6.07) is 3.85. The number of hydrogen-bond acceptors (Lipinski definition) is 3. The first-order valence-electron chi connectivity index (χ1n) is 6.17. The first kappa shape index (κ1) is 12.3. The van der Waals surface area contributed by atoms with Crippen molar-refractivity contribution < 1.29 is 0 Å². The van der Waals surface area contributed by atoms with Crippen molar-refractivity contribution in [3.8, 4) is 0 Å². The number of anilines is 1. The summed E-state index contributed by atoms with van der Waals surface area (Å²) >= 11 is 4.99. The molecular weight excluding hydrogens is 230 g/mol. The van der Waals surface area contributed by atoms with Gasteiger partial charge in [-0.25, -0.2) is 4.98 Å². The van der Waals surface area contributed by atoms with Crippen molar-refractivity contribution in [1.82, 2.24) is 4.98 Å². The highest BCUT2D eigenvalue weighted by atomic mass is 32.1. The Morgan fingerprint density at radius 2 is 2.18 bits per heavy atom. The molecule has 1 heterocycles. The largest absolute Gasteiger partial charge is 0.389 e. The fraction of sp³-hybridized carbons (Fsp3) is 0.538. The number of aromatic nitrogens is 1. The Labute approximate surface area is 108 Å². The zero-order chi connectivity index (χ0) is 12.3. The topological polar surface area (TPSA) is 50.9 Å². The molecule has 3 nitrogen and oxygen atoms in total. The summed E-state index contributed by atoms with van der Waals surface area (Å²) in [5.41, 5.74) is 7.48. The van der Waals surface area contributed by atoms with Crippen molar-refractivity contribution in [2.24, 2.45) is 11.7 Å². The van der Waals surface area contributed by atoms with Crippen LogP contribution in [0.2, 0.25) is 0 Å². The van der Waals surface area contributed by atoms with Crippen molar-refractivity contribution in [3.63, 3.8) is 0 Å². The first-order valence-corrected chi connectivity index (χ1v) is 6.58. The molecule has 1 aliphatic carbocycles. The van der Waals surface area contributed by atoms with Crippen molar-refractivity contribution in [2.45, 2.75) is 32.6 Å². The van der Waals surface area contributed by atoms with E-state index in [1.807, 2.05) is 19.1 Å². The maximum absolute atomic E-state index is 5.65. The van der Waals surface area contributed by atoms with E-state index in [0.717, 1.165) is 29.5 Å². The maximum Gasteiger partial charge on any atom is 0.126 e. The van der Waals surface area contributed by atoms with Crippen molar-refractivity contribution in [2.75, 3.05) is 11.9 Å². The second-order valence-corrected chi connectivity index (χ2v) is 5.22. The zero-order valence-corrected chi connectivity index (χ0v) is 11.0. The molecule has 1 aromatic heterocycles. The highest BCUT2D eigenvalue weighted by molar-refractivity contribution is 7.80. The van der Waals surface area contributed by atoms with E-state index in [4.69, 9.17) is 18.0 Å². The molecule has 1 saturated carbocycles. The Hall–Kier alpha value is -1.16. The standard InChI is InChI=1S/C13H19N3S/c1-9-6-11(13(14)17)7-12(16-9)15-8-10-4-2-3-5-10/h6-7,10H,2-5,8H2,1H3,(H2,14,17)(H,15,16). The summed E-state index contributed by atoms with van der Waals surface area (Å²) in [4.78, 5) is 4.88. The van der Waals surface area contributed by atoms with Gasteiger partial charge in [-0.05, 0) is 37.8 Å². The van der Waals surface area contributed by atoms with Crippen LogP contribution in [0.25, 0.3) is 0 Å². The Balaban J connectivity index is 2.01. The molecule has 0 aliphatic heterocycles. The van der Waals surface area contributed by atoms with Gasteiger partial charge in [0.1, 0.15) is 10.8 Å². The van der Waals surface area contributed by atoms with Crippen molar-refractivity contribution >= 4 is 23.0 Å². The van der Waals surface area contributed by atoms with E-state index in [1.54, 1.807) is 0 Å². The minimum Gasteiger partial charge on any atom is -0.389 e. The molecule has 2 rings (SSSR count). The molecular formula is C13H19N3S. The maximum atomic E-state index is 5.65. The summed E-state index contributed by atoms with van der Waals surface area (Å²) < 4.78 is 0. The summed E-state index contributed by atoms with van der Waals surface area (Å²) in [7, 11) is 0. The van der Waals surface area contributed by atoms with E-state index >= 15 is 0 Å². The van der Waals surface area contributed by atoms with E-state index in [1.165, 1.54) is 25.7 Å². The van der Waals surface area contributed by atoms with Gasteiger partial charge in [0.2, 0.25) is 0 Å². The zero-order valence-electron chi connectivity index (χ0n) is 10.2. The molecule has 0 unspecified atom stereocenters. The first-order chi connectivity index (χ1) is 8.15. The van der Waals surface area contributed by atoms with Gasteiger partial charge in [-0.3, -0.25) is 0 Å². The van der Waals surface area contributed by atoms with Crippen LogP contribution < -0.4 is 11.1 Å². The van der Waals surface area contributed by atoms with Crippen molar-refractivity contribution in [3.05, 3.63) is 23.4 Å². The van der Waals surface area contributed by atoms with Gasteiger partial charge in [-0.15, -0.1) is 0 Å². The van der Waals surface area contributed by atoms with E-state index in [-0.39, 0.29) is 0 Å². The summed E-state index contributed by atoms with van der Waals surface area (Å²) in [6.07, 6.45) is 5.40. The van der Waals surface area contributed by atoms with Gasteiger partial charge in [-0.2, -0.15) is 0 Å². The molecule has 0 saturated heterocycles. The minimum atomic E-state index is 0.430. The van der Waals surface area contributed by atoms with E-state index in [0.29, 0.717) is 4.99 Å². The predicted molar refractivity (Wildman–Crippen MR) is 75.3 cm³/mol. The van der Waals surface area contributed by atoms with Crippen LogP contribution in [0.15, 0.2) is 12.1 Å². The van der Waals surface area contributed by atoms with Gasteiger partial charge < -0.3 is 11.1 Å². The third-order valence-electron chi connectivity index (χ3n) is 3.28. The average molecular weight is 249 g/mol. The molecule has 1 aromatic rings. The monoisotopic (exact) mass is 249 g/mol. The van der Waals surface area contributed by atoms with Crippen LogP contribution in [0, 0.1) is 12.8 Å². The lowest BCUT2D eigenvalue weighted by Gasteiger charge is -2.12. The number of thiocarbonyl (C=S) groups is 1. The highest BCUT2D eigenvalue weighted by Crippen LogP contribution is 2.24. The van der Waals surface area contributed by atoms with Crippen LogP contribution in [0.1, 0.15) is 36.9 Å². The molecule has 1 fully saturated rings. The third kappa shape index (κ3) is 3.40. The van der Waals surface area contributed by atoms with Gasteiger partial charge in [0, 0.05) is 17.8 Å². The Morgan fingerprint density at radius 1 is 1.47 bits per heavy atom. The number of rotatable bonds is 4.